The first kappa shape index (κ1) is 16.9. The fourth-order valence-electron chi connectivity index (χ4n) is 2.22. The van der Waals surface area contributed by atoms with E-state index in [9.17, 15) is 12.8 Å². The number of allylic oxidation sites excluding steroid dienone is 1. The lowest BCUT2D eigenvalue weighted by Crippen LogP contribution is -2.17. The minimum absolute atomic E-state index is 0.0231. The maximum atomic E-state index is 14.1. The summed E-state index contributed by atoms with van der Waals surface area (Å²) in [4.78, 5) is 0.208. The Hall–Kier alpha value is -1.96. The summed E-state index contributed by atoms with van der Waals surface area (Å²) in [5.41, 5.74) is 0.312. The summed E-state index contributed by atoms with van der Waals surface area (Å²) in [6.45, 7) is 3.88. The summed E-state index contributed by atoms with van der Waals surface area (Å²) in [5, 5.41) is 0.430. The molecule has 0 atom stereocenters. The predicted octanol–water partition coefficient (Wildman–Crippen LogP) is 3.97. The molecule has 3 rings (SSSR count). The van der Waals surface area contributed by atoms with Crippen molar-refractivity contribution in [1.82, 2.24) is 4.57 Å². The number of para-hydroxylation sites is 1. The number of fused-ring (bicyclic) bond motifs is 1. The van der Waals surface area contributed by atoms with Crippen LogP contribution in [0, 0.1) is 5.82 Å². The minimum atomic E-state index is -3.93. The van der Waals surface area contributed by atoms with Gasteiger partial charge in [-0.1, -0.05) is 35.1 Å². The number of nitrogens with zero attached hydrogens (tertiary/aromatic N) is 2. The molecule has 0 saturated heterocycles. The van der Waals surface area contributed by atoms with Crippen LogP contribution in [0.5, 0.6) is 0 Å². The minimum Gasteiger partial charge on any atom is -0.309 e. The fourth-order valence-corrected chi connectivity index (χ4v) is 4.60. The number of thiazole rings is 1. The van der Waals surface area contributed by atoms with Crippen LogP contribution >= 0.6 is 22.9 Å². The smallest absolute Gasteiger partial charge is 0.285 e. The zero-order valence-corrected chi connectivity index (χ0v) is 14.7. The maximum absolute atomic E-state index is 14.1. The Morgan fingerprint density at radius 3 is 2.62 bits per heavy atom. The molecule has 1 aromatic heterocycles. The van der Waals surface area contributed by atoms with E-state index in [-0.39, 0.29) is 16.2 Å². The molecule has 8 heteroatoms. The average molecular weight is 383 g/mol. The molecule has 0 unspecified atom stereocenters. The molecule has 0 amide bonds. The van der Waals surface area contributed by atoms with Crippen molar-refractivity contribution in [2.75, 3.05) is 0 Å². The summed E-state index contributed by atoms with van der Waals surface area (Å²) in [6.07, 6.45) is 1.56. The molecule has 0 spiro atoms. The first-order valence-electron chi connectivity index (χ1n) is 6.88. The van der Waals surface area contributed by atoms with E-state index in [1.807, 2.05) is 0 Å². The molecular formula is C16H12ClFN2O2S2. The average Bonchev–Trinajstić information content (AvgIpc) is 2.86. The Labute approximate surface area is 147 Å². The van der Waals surface area contributed by atoms with E-state index < -0.39 is 15.8 Å². The summed E-state index contributed by atoms with van der Waals surface area (Å²) < 4.78 is 45.1. The molecule has 1 heterocycles. The Balaban J connectivity index is 2.26. The van der Waals surface area contributed by atoms with Gasteiger partial charge in [0.05, 0.1) is 15.1 Å². The van der Waals surface area contributed by atoms with Crippen molar-refractivity contribution in [3.63, 3.8) is 0 Å². The van der Waals surface area contributed by atoms with Gasteiger partial charge in [-0.3, -0.25) is 0 Å². The van der Waals surface area contributed by atoms with Gasteiger partial charge >= 0.3 is 0 Å². The highest BCUT2D eigenvalue weighted by Gasteiger charge is 2.15. The van der Waals surface area contributed by atoms with Crippen LogP contribution in [0.1, 0.15) is 0 Å². The molecular weight excluding hydrogens is 371 g/mol. The van der Waals surface area contributed by atoms with Crippen LogP contribution in [0.3, 0.4) is 0 Å². The molecule has 0 bridgehead atoms. The van der Waals surface area contributed by atoms with Crippen molar-refractivity contribution in [3.05, 3.63) is 70.8 Å². The van der Waals surface area contributed by atoms with Crippen LogP contribution < -0.4 is 4.80 Å². The van der Waals surface area contributed by atoms with Gasteiger partial charge in [-0.25, -0.2) is 4.39 Å². The molecule has 3 aromatic rings. The number of sulfonamides is 1. The number of hydrogen-bond acceptors (Lipinski definition) is 3. The molecule has 0 aliphatic carbocycles. The Kier molecular flexibility index (Phi) is 4.58. The van der Waals surface area contributed by atoms with E-state index in [4.69, 9.17) is 11.6 Å². The standard InChI is InChI=1S/C16H12ClFN2O2S2/c1-2-10-20-15-13(18)4-3-5-14(15)23-16(20)19-24(21,22)12-8-6-11(17)7-9-12/h2-9H,1,10H2. The van der Waals surface area contributed by atoms with Gasteiger partial charge in [-0.15, -0.1) is 11.0 Å². The van der Waals surface area contributed by atoms with Crippen LogP contribution in [-0.2, 0) is 16.6 Å². The topological polar surface area (TPSA) is 51.4 Å². The van der Waals surface area contributed by atoms with Gasteiger partial charge in [-0.05, 0) is 36.4 Å². The molecule has 124 valence electrons. The second-order valence-electron chi connectivity index (χ2n) is 4.89. The Morgan fingerprint density at radius 2 is 1.96 bits per heavy atom. The molecule has 0 aliphatic rings. The molecule has 0 radical (unpaired) electrons. The van der Waals surface area contributed by atoms with E-state index in [1.54, 1.807) is 18.2 Å². The van der Waals surface area contributed by atoms with E-state index in [2.05, 4.69) is 11.0 Å². The third-order valence-corrected chi connectivity index (χ3v) is 5.97. The number of benzene rings is 2. The van der Waals surface area contributed by atoms with E-state index in [0.717, 1.165) is 11.3 Å². The van der Waals surface area contributed by atoms with Crippen molar-refractivity contribution in [3.8, 4) is 0 Å². The highest BCUT2D eigenvalue weighted by molar-refractivity contribution is 7.90. The summed E-state index contributed by atoms with van der Waals surface area (Å²) in [6, 6.07) is 10.3. The zero-order chi connectivity index (χ0) is 17.3. The Bertz CT molecular complexity index is 1080. The van der Waals surface area contributed by atoms with Gasteiger partial charge in [0.1, 0.15) is 5.82 Å². The lowest BCUT2D eigenvalue weighted by Gasteiger charge is -2.02. The highest BCUT2D eigenvalue weighted by Crippen LogP contribution is 2.21. The van der Waals surface area contributed by atoms with Crippen LogP contribution in [0.25, 0.3) is 10.2 Å². The van der Waals surface area contributed by atoms with Crippen molar-refractivity contribution >= 4 is 43.2 Å². The van der Waals surface area contributed by atoms with Crippen LogP contribution in [-0.4, -0.2) is 13.0 Å². The molecule has 2 aromatic carbocycles. The molecule has 0 aliphatic heterocycles. The maximum Gasteiger partial charge on any atom is 0.285 e. The fraction of sp³-hybridized carbons (Fsp3) is 0.0625. The highest BCUT2D eigenvalue weighted by atomic mass is 35.5. The molecule has 24 heavy (non-hydrogen) atoms. The summed E-state index contributed by atoms with van der Waals surface area (Å²) >= 11 is 6.89. The number of hydrogen-bond donors (Lipinski definition) is 0. The van der Waals surface area contributed by atoms with Gasteiger partial charge in [0.2, 0.25) is 4.80 Å². The van der Waals surface area contributed by atoms with Crippen LogP contribution in [0.2, 0.25) is 5.02 Å². The second kappa shape index (κ2) is 6.51. The van der Waals surface area contributed by atoms with E-state index >= 15 is 0 Å². The van der Waals surface area contributed by atoms with Crippen molar-refractivity contribution in [2.45, 2.75) is 11.4 Å². The van der Waals surface area contributed by atoms with Crippen molar-refractivity contribution in [1.29, 1.82) is 0 Å². The predicted molar refractivity (Wildman–Crippen MR) is 94.2 cm³/mol. The van der Waals surface area contributed by atoms with Crippen molar-refractivity contribution in [2.24, 2.45) is 4.40 Å². The van der Waals surface area contributed by atoms with Crippen molar-refractivity contribution < 1.29 is 12.8 Å². The number of aromatic nitrogens is 1. The quantitative estimate of drug-likeness (QED) is 0.641. The first-order valence-corrected chi connectivity index (χ1v) is 9.51. The molecule has 0 fully saturated rings. The van der Waals surface area contributed by atoms with Gasteiger partial charge in [-0.2, -0.15) is 8.42 Å². The second-order valence-corrected chi connectivity index (χ2v) is 7.94. The SMILES string of the molecule is C=CCn1c(=NS(=O)(=O)c2ccc(Cl)cc2)sc2cccc(F)c21. The van der Waals surface area contributed by atoms with E-state index in [1.165, 1.54) is 34.9 Å². The summed E-state index contributed by atoms with van der Waals surface area (Å²) in [7, 11) is -3.93. The molecule has 0 N–H and O–H groups in total. The normalized spacial score (nSPS) is 12.7. The zero-order valence-electron chi connectivity index (χ0n) is 12.3. The number of rotatable bonds is 4. The number of halogens is 2. The van der Waals surface area contributed by atoms with Crippen LogP contribution in [0.15, 0.2) is 64.4 Å². The lowest BCUT2D eigenvalue weighted by molar-refractivity contribution is 0.595. The molecule has 4 nitrogen and oxygen atoms in total. The summed E-state index contributed by atoms with van der Waals surface area (Å²) in [5.74, 6) is -0.434. The third-order valence-electron chi connectivity index (χ3n) is 3.27. The van der Waals surface area contributed by atoms with Gasteiger partial charge in [0.25, 0.3) is 10.0 Å². The largest absolute Gasteiger partial charge is 0.309 e. The third kappa shape index (κ3) is 3.15. The Morgan fingerprint density at radius 1 is 1.25 bits per heavy atom. The molecule has 0 saturated carbocycles. The van der Waals surface area contributed by atoms with E-state index in [0.29, 0.717) is 15.2 Å². The van der Waals surface area contributed by atoms with Gasteiger partial charge < -0.3 is 4.57 Å². The van der Waals surface area contributed by atoms with Crippen LogP contribution in [0.4, 0.5) is 4.39 Å². The monoisotopic (exact) mass is 382 g/mol. The first-order chi connectivity index (χ1) is 11.4. The van der Waals surface area contributed by atoms with Gasteiger partial charge in [0, 0.05) is 11.6 Å². The lowest BCUT2D eigenvalue weighted by atomic mass is 10.3. The van der Waals surface area contributed by atoms with Gasteiger partial charge in [0.15, 0.2) is 0 Å².